The zero-order valence-corrected chi connectivity index (χ0v) is 17.1. The summed E-state index contributed by atoms with van der Waals surface area (Å²) in [6, 6.07) is 9.40. The molecule has 3 rings (SSSR count). The number of halogens is 1. The summed E-state index contributed by atoms with van der Waals surface area (Å²) in [6.45, 7) is 5.58. The molecule has 8 heteroatoms. The molecule has 1 aliphatic rings. The fourth-order valence-corrected chi connectivity index (χ4v) is 3.32. The third-order valence-corrected chi connectivity index (χ3v) is 5.00. The standard InChI is InChI=1S/C22H25FN4O3/c1-15(2)27-12-11-26(21(29)22(27)30)10-4-9-24-20(28)17-7-8-19(25-14-17)16-5-3-6-18(23)13-16/h3,5-8,13-15H,4,9-12H2,1-2H3,(H,24,28). The summed E-state index contributed by atoms with van der Waals surface area (Å²) in [5.41, 5.74) is 1.61. The maximum Gasteiger partial charge on any atom is 0.312 e. The molecule has 0 atom stereocenters. The molecule has 158 valence electrons. The summed E-state index contributed by atoms with van der Waals surface area (Å²) in [4.78, 5) is 43.9. The molecule has 0 spiro atoms. The lowest BCUT2D eigenvalue weighted by atomic mass is 10.1. The van der Waals surface area contributed by atoms with Crippen LogP contribution in [0.4, 0.5) is 4.39 Å². The number of nitrogens with zero attached hydrogens (tertiary/aromatic N) is 3. The predicted octanol–water partition coefficient (Wildman–Crippen LogP) is 2.09. The van der Waals surface area contributed by atoms with Gasteiger partial charge < -0.3 is 15.1 Å². The van der Waals surface area contributed by atoms with Crippen molar-refractivity contribution in [1.82, 2.24) is 20.1 Å². The van der Waals surface area contributed by atoms with Gasteiger partial charge in [0.25, 0.3) is 5.91 Å². The Labute approximate surface area is 174 Å². The Morgan fingerprint density at radius 1 is 1.17 bits per heavy atom. The third-order valence-electron chi connectivity index (χ3n) is 5.00. The second-order valence-corrected chi connectivity index (χ2v) is 7.44. The first kappa shape index (κ1) is 21.4. The molecule has 2 aromatic rings. The van der Waals surface area contributed by atoms with E-state index < -0.39 is 11.8 Å². The second-order valence-electron chi connectivity index (χ2n) is 7.44. The molecule has 0 bridgehead atoms. The lowest BCUT2D eigenvalue weighted by Crippen LogP contribution is -2.56. The minimum Gasteiger partial charge on any atom is -0.352 e. The van der Waals surface area contributed by atoms with Gasteiger partial charge in [-0.05, 0) is 44.5 Å². The summed E-state index contributed by atoms with van der Waals surface area (Å²) < 4.78 is 13.3. The molecule has 0 saturated carbocycles. The van der Waals surface area contributed by atoms with Crippen molar-refractivity contribution < 1.29 is 18.8 Å². The van der Waals surface area contributed by atoms with Crippen LogP contribution in [0.2, 0.25) is 0 Å². The Balaban J connectivity index is 1.46. The molecule has 3 amide bonds. The number of benzene rings is 1. The fraction of sp³-hybridized carbons (Fsp3) is 0.364. The first-order valence-electron chi connectivity index (χ1n) is 9.97. The van der Waals surface area contributed by atoms with Gasteiger partial charge in [-0.1, -0.05) is 12.1 Å². The minimum absolute atomic E-state index is 0.00352. The van der Waals surface area contributed by atoms with Crippen LogP contribution in [-0.4, -0.2) is 64.7 Å². The van der Waals surface area contributed by atoms with E-state index in [1.165, 1.54) is 23.2 Å². The van der Waals surface area contributed by atoms with E-state index in [1.807, 2.05) is 13.8 Å². The molecule has 0 unspecified atom stereocenters. The van der Waals surface area contributed by atoms with Gasteiger partial charge in [-0.25, -0.2) is 4.39 Å². The molecule has 1 fully saturated rings. The number of amides is 3. The number of piperazine rings is 1. The summed E-state index contributed by atoms with van der Waals surface area (Å²) in [5, 5.41) is 2.79. The van der Waals surface area contributed by atoms with Crippen LogP contribution in [0.5, 0.6) is 0 Å². The van der Waals surface area contributed by atoms with Crippen LogP contribution in [-0.2, 0) is 9.59 Å². The van der Waals surface area contributed by atoms with E-state index >= 15 is 0 Å². The summed E-state index contributed by atoms with van der Waals surface area (Å²) in [6.07, 6.45) is 1.99. The van der Waals surface area contributed by atoms with Gasteiger partial charge in [-0.2, -0.15) is 0 Å². The molecule has 1 N–H and O–H groups in total. The zero-order valence-electron chi connectivity index (χ0n) is 17.1. The lowest BCUT2D eigenvalue weighted by molar-refractivity contribution is -0.157. The van der Waals surface area contributed by atoms with Crippen LogP contribution >= 0.6 is 0 Å². The quantitative estimate of drug-likeness (QED) is 0.558. The van der Waals surface area contributed by atoms with Crippen molar-refractivity contribution in [3.63, 3.8) is 0 Å². The topological polar surface area (TPSA) is 82.6 Å². The van der Waals surface area contributed by atoms with E-state index in [4.69, 9.17) is 0 Å². The van der Waals surface area contributed by atoms with Gasteiger partial charge in [0.05, 0.1) is 11.3 Å². The molecule has 0 aliphatic carbocycles. The fourth-order valence-electron chi connectivity index (χ4n) is 3.32. The molecule has 1 aromatic heterocycles. The van der Waals surface area contributed by atoms with Gasteiger partial charge in [0, 0.05) is 44.0 Å². The number of carbonyl (C=O) groups is 3. The van der Waals surface area contributed by atoms with Gasteiger partial charge in [0.1, 0.15) is 5.82 Å². The smallest absolute Gasteiger partial charge is 0.312 e. The molecular formula is C22H25FN4O3. The summed E-state index contributed by atoms with van der Waals surface area (Å²) in [7, 11) is 0. The van der Waals surface area contributed by atoms with E-state index in [1.54, 1.807) is 29.2 Å². The van der Waals surface area contributed by atoms with Crippen LogP contribution in [0.15, 0.2) is 42.6 Å². The van der Waals surface area contributed by atoms with Crippen LogP contribution in [0.25, 0.3) is 11.3 Å². The van der Waals surface area contributed by atoms with E-state index in [0.29, 0.717) is 49.4 Å². The number of hydrogen-bond donors (Lipinski definition) is 1. The van der Waals surface area contributed by atoms with Gasteiger partial charge in [0.2, 0.25) is 0 Å². The molecule has 2 heterocycles. The first-order valence-corrected chi connectivity index (χ1v) is 9.97. The monoisotopic (exact) mass is 412 g/mol. The molecule has 0 radical (unpaired) electrons. The average molecular weight is 412 g/mol. The Hall–Kier alpha value is -3.29. The molecule has 1 aromatic carbocycles. The van der Waals surface area contributed by atoms with Crippen molar-refractivity contribution in [2.24, 2.45) is 0 Å². The summed E-state index contributed by atoms with van der Waals surface area (Å²) in [5.74, 6) is -1.58. The highest BCUT2D eigenvalue weighted by atomic mass is 19.1. The molecule has 30 heavy (non-hydrogen) atoms. The highest BCUT2D eigenvalue weighted by Gasteiger charge is 2.33. The van der Waals surface area contributed by atoms with Crippen molar-refractivity contribution in [3.8, 4) is 11.3 Å². The normalized spacial score (nSPS) is 14.4. The Morgan fingerprint density at radius 3 is 2.63 bits per heavy atom. The van der Waals surface area contributed by atoms with Gasteiger partial charge >= 0.3 is 11.8 Å². The highest BCUT2D eigenvalue weighted by Crippen LogP contribution is 2.18. The molecule has 1 aliphatic heterocycles. The second kappa shape index (κ2) is 9.47. The first-order chi connectivity index (χ1) is 14.4. The van der Waals surface area contributed by atoms with E-state index in [2.05, 4.69) is 10.3 Å². The van der Waals surface area contributed by atoms with Gasteiger partial charge in [0.15, 0.2) is 0 Å². The Kier molecular flexibility index (Phi) is 6.76. The van der Waals surface area contributed by atoms with E-state index in [0.717, 1.165) is 0 Å². The van der Waals surface area contributed by atoms with Crippen molar-refractivity contribution >= 4 is 17.7 Å². The SMILES string of the molecule is CC(C)N1CCN(CCCNC(=O)c2ccc(-c3cccc(F)c3)nc2)C(=O)C1=O. The maximum absolute atomic E-state index is 13.3. The maximum atomic E-state index is 13.3. The third kappa shape index (κ3) is 5.00. The van der Waals surface area contributed by atoms with Crippen molar-refractivity contribution in [2.45, 2.75) is 26.3 Å². The van der Waals surface area contributed by atoms with Crippen LogP contribution in [0.1, 0.15) is 30.6 Å². The van der Waals surface area contributed by atoms with Gasteiger partial charge in [-0.3, -0.25) is 19.4 Å². The largest absolute Gasteiger partial charge is 0.352 e. The average Bonchev–Trinajstić information content (AvgIpc) is 2.73. The number of rotatable bonds is 7. The van der Waals surface area contributed by atoms with Crippen molar-refractivity contribution in [1.29, 1.82) is 0 Å². The number of carbonyl (C=O) groups excluding carboxylic acids is 3. The van der Waals surface area contributed by atoms with Crippen LogP contribution < -0.4 is 5.32 Å². The zero-order chi connectivity index (χ0) is 21.7. The number of nitrogens with one attached hydrogen (secondary N) is 1. The molecule has 7 nitrogen and oxygen atoms in total. The number of aromatic nitrogens is 1. The molecular weight excluding hydrogens is 387 g/mol. The highest BCUT2D eigenvalue weighted by molar-refractivity contribution is 6.35. The Morgan fingerprint density at radius 2 is 1.97 bits per heavy atom. The lowest BCUT2D eigenvalue weighted by Gasteiger charge is -2.36. The predicted molar refractivity (Wildman–Crippen MR) is 110 cm³/mol. The van der Waals surface area contributed by atoms with E-state index in [9.17, 15) is 18.8 Å². The summed E-state index contributed by atoms with van der Waals surface area (Å²) >= 11 is 0. The van der Waals surface area contributed by atoms with Crippen molar-refractivity contribution in [3.05, 3.63) is 54.0 Å². The minimum atomic E-state index is -0.488. The number of hydrogen-bond acceptors (Lipinski definition) is 4. The molecule has 1 saturated heterocycles. The van der Waals surface area contributed by atoms with Crippen molar-refractivity contribution in [2.75, 3.05) is 26.2 Å². The van der Waals surface area contributed by atoms with Crippen LogP contribution in [0, 0.1) is 5.82 Å². The van der Waals surface area contributed by atoms with Gasteiger partial charge in [-0.15, -0.1) is 0 Å². The van der Waals surface area contributed by atoms with E-state index in [-0.39, 0.29) is 17.8 Å². The van der Waals surface area contributed by atoms with Crippen LogP contribution in [0.3, 0.4) is 0 Å². The Bertz CT molecular complexity index is 930. The number of pyridine rings is 1.